The third kappa shape index (κ3) is 4.74. The van der Waals surface area contributed by atoms with Crippen LogP contribution in [0.15, 0.2) is 102 Å². The van der Waals surface area contributed by atoms with Crippen LogP contribution in [-0.2, 0) is 23.2 Å². The average molecular weight is 498 g/mol. The molecule has 3 aromatic carbocycles. The van der Waals surface area contributed by atoms with Crippen LogP contribution < -0.4 is 4.90 Å². The van der Waals surface area contributed by atoms with Gasteiger partial charge in [-0.25, -0.2) is 10.1 Å². The van der Waals surface area contributed by atoms with E-state index in [2.05, 4.69) is 72.3 Å². The Kier molecular flexibility index (Phi) is 7.16. The Morgan fingerprint density at radius 1 is 1.08 bits per heavy atom. The van der Waals surface area contributed by atoms with E-state index >= 15 is 0 Å². The quantitative estimate of drug-likeness (QED) is 0.269. The van der Waals surface area contributed by atoms with Crippen molar-refractivity contribution in [3.05, 3.63) is 141 Å². The lowest BCUT2D eigenvalue weighted by molar-refractivity contribution is 0.0348. The first kappa shape index (κ1) is 25.1. The maximum Gasteiger partial charge on any atom is 0.265 e. The first-order valence-electron chi connectivity index (χ1n) is 13.2. The second-order valence-electron chi connectivity index (χ2n) is 9.88. The molecule has 3 aromatic rings. The highest BCUT2D eigenvalue weighted by atomic mass is 16.5. The normalized spacial score (nSPS) is 17.6. The summed E-state index contributed by atoms with van der Waals surface area (Å²) in [5, 5.41) is 9.76. The topological polar surface area (TPSA) is 40.6 Å². The van der Waals surface area contributed by atoms with Crippen LogP contribution in [0.3, 0.4) is 0 Å². The molecule has 0 aromatic heterocycles. The maximum absolute atomic E-state index is 9.76. The van der Waals surface area contributed by atoms with Gasteiger partial charge in [-0.3, -0.25) is 0 Å². The van der Waals surface area contributed by atoms with Crippen molar-refractivity contribution < 1.29 is 4.74 Å². The average Bonchev–Trinajstić information content (AvgIpc) is 2.97. The monoisotopic (exact) mass is 497 g/mol. The highest BCUT2D eigenvalue weighted by Crippen LogP contribution is 2.45. The fraction of sp³-hybridized carbons (Fsp3) is 0.235. The van der Waals surface area contributed by atoms with Gasteiger partial charge in [0.2, 0.25) is 0 Å². The zero-order valence-corrected chi connectivity index (χ0v) is 21.9. The number of allylic oxidation sites excluding steroid dienone is 3. The molecule has 0 N–H and O–H groups in total. The van der Waals surface area contributed by atoms with Gasteiger partial charge in [0.15, 0.2) is 5.60 Å². The van der Waals surface area contributed by atoms with E-state index in [9.17, 15) is 5.26 Å². The van der Waals surface area contributed by atoms with Crippen LogP contribution in [0.25, 0.3) is 10.9 Å². The first-order chi connectivity index (χ1) is 18.6. The van der Waals surface area contributed by atoms with E-state index in [1.807, 2.05) is 48.6 Å². The summed E-state index contributed by atoms with van der Waals surface area (Å²) in [7, 11) is 2.18. The number of ether oxygens (including phenoxy) is 1. The van der Waals surface area contributed by atoms with E-state index in [1.165, 1.54) is 16.8 Å². The molecule has 0 saturated heterocycles. The van der Waals surface area contributed by atoms with Gasteiger partial charge >= 0.3 is 0 Å². The Labute approximate surface area is 225 Å². The van der Waals surface area contributed by atoms with Gasteiger partial charge in [-0.1, -0.05) is 73.7 Å². The molecule has 5 rings (SSSR count). The number of hydrogen-bond donors (Lipinski definition) is 0. The van der Waals surface area contributed by atoms with E-state index in [0.29, 0.717) is 17.8 Å². The number of nitriles is 1. The summed E-state index contributed by atoms with van der Waals surface area (Å²) in [4.78, 5) is 5.93. The van der Waals surface area contributed by atoms with Gasteiger partial charge in [0.1, 0.15) is 5.76 Å². The number of anilines is 1. The van der Waals surface area contributed by atoms with Crippen molar-refractivity contribution in [2.75, 3.05) is 18.5 Å². The van der Waals surface area contributed by atoms with Crippen LogP contribution in [0, 0.1) is 17.9 Å². The standard InChI is InChI=1S/C34H31N3O/c1-4-26-20-25(21-27-12-11-19-37(3)33(26)27)17-18-31-22-28(32(24-35)36-2)23-34(38-31,29-13-7-5-8-14-29)30-15-9-6-10-16-30/h5-10,13-18,20-22H,4,11-12,19,23H2,1,3H3. The number of hydrogen-bond acceptors (Lipinski definition) is 3. The van der Waals surface area contributed by atoms with Crippen molar-refractivity contribution in [2.24, 2.45) is 0 Å². The van der Waals surface area contributed by atoms with Crippen LogP contribution in [-0.4, -0.2) is 13.6 Å². The highest BCUT2D eigenvalue weighted by Gasteiger charge is 2.40. The van der Waals surface area contributed by atoms with Crippen molar-refractivity contribution >= 4 is 11.8 Å². The molecular weight excluding hydrogens is 466 g/mol. The second-order valence-corrected chi connectivity index (χ2v) is 9.88. The molecule has 2 aliphatic heterocycles. The molecule has 0 radical (unpaired) electrons. The molecule has 0 unspecified atom stereocenters. The van der Waals surface area contributed by atoms with Crippen LogP contribution in [0.5, 0.6) is 0 Å². The fourth-order valence-corrected chi connectivity index (χ4v) is 5.69. The Bertz CT molecular complexity index is 1430. The summed E-state index contributed by atoms with van der Waals surface area (Å²) < 4.78 is 6.84. The molecule has 0 aliphatic carbocycles. The smallest absolute Gasteiger partial charge is 0.265 e. The fourth-order valence-electron chi connectivity index (χ4n) is 5.69. The summed E-state index contributed by atoms with van der Waals surface area (Å²) in [5.74, 6) is 0.628. The molecular formula is C34H31N3O. The number of nitrogens with zero attached hydrogens (tertiary/aromatic N) is 3. The lowest BCUT2D eigenvalue weighted by Crippen LogP contribution is -2.34. The molecule has 4 heteroatoms. The lowest BCUT2D eigenvalue weighted by atomic mass is 9.79. The largest absolute Gasteiger partial charge is 0.478 e. The third-order valence-corrected chi connectivity index (χ3v) is 7.48. The molecule has 0 spiro atoms. The van der Waals surface area contributed by atoms with Gasteiger partial charge in [0.25, 0.3) is 5.70 Å². The maximum atomic E-state index is 9.76. The zero-order valence-electron chi connectivity index (χ0n) is 21.9. The molecule has 0 atom stereocenters. The third-order valence-electron chi connectivity index (χ3n) is 7.48. The number of benzene rings is 3. The van der Waals surface area contributed by atoms with Crippen LogP contribution >= 0.6 is 0 Å². The molecule has 0 amide bonds. The summed E-state index contributed by atoms with van der Waals surface area (Å²) in [6.45, 7) is 10.9. The highest BCUT2D eigenvalue weighted by molar-refractivity contribution is 5.67. The van der Waals surface area contributed by atoms with Gasteiger partial charge in [-0.05, 0) is 65.8 Å². The Balaban J connectivity index is 1.62. The van der Waals surface area contributed by atoms with Gasteiger partial charge in [0.05, 0.1) is 12.6 Å². The molecule has 38 heavy (non-hydrogen) atoms. The van der Waals surface area contributed by atoms with Crippen molar-refractivity contribution in [3.63, 3.8) is 0 Å². The minimum Gasteiger partial charge on any atom is -0.478 e. The van der Waals surface area contributed by atoms with Crippen molar-refractivity contribution in [1.29, 1.82) is 5.26 Å². The van der Waals surface area contributed by atoms with Crippen molar-refractivity contribution in [3.8, 4) is 6.07 Å². The van der Waals surface area contributed by atoms with E-state index in [-0.39, 0.29) is 5.70 Å². The van der Waals surface area contributed by atoms with Crippen LogP contribution in [0.2, 0.25) is 0 Å². The molecule has 0 fully saturated rings. The second kappa shape index (κ2) is 10.8. The van der Waals surface area contributed by atoms with Crippen molar-refractivity contribution in [2.45, 2.75) is 38.2 Å². The van der Waals surface area contributed by atoms with E-state index in [4.69, 9.17) is 11.3 Å². The Hall–Kier alpha value is -4.54. The molecule has 4 nitrogen and oxygen atoms in total. The van der Waals surface area contributed by atoms with E-state index < -0.39 is 5.60 Å². The number of fused-ring (bicyclic) bond motifs is 1. The predicted octanol–water partition coefficient (Wildman–Crippen LogP) is 7.59. The first-order valence-corrected chi connectivity index (χ1v) is 13.2. The molecule has 0 saturated carbocycles. The summed E-state index contributed by atoms with van der Waals surface area (Å²) in [6.07, 6.45) is 9.54. The van der Waals surface area contributed by atoms with E-state index in [1.54, 1.807) is 0 Å². The number of rotatable bonds is 5. The van der Waals surface area contributed by atoms with Crippen molar-refractivity contribution in [1.82, 2.24) is 0 Å². The molecule has 2 heterocycles. The van der Waals surface area contributed by atoms with Crippen LogP contribution in [0.4, 0.5) is 5.69 Å². The zero-order chi connectivity index (χ0) is 26.5. The minimum absolute atomic E-state index is 0.0977. The minimum atomic E-state index is -0.855. The lowest BCUT2D eigenvalue weighted by Gasteiger charge is -2.39. The van der Waals surface area contributed by atoms with Gasteiger partial charge in [0, 0.05) is 36.8 Å². The molecule has 188 valence electrons. The molecule has 2 aliphatic rings. The Morgan fingerprint density at radius 2 is 1.76 bits per heavy atom. The van der Waals surface area contributed by atoms with Gasteiger partial charge < -0.3 is 9.64 Å². The molecule has 0 bridgehead atoms. The summed E-state index contributed by atoms with van der Waals surface area (Å²) >= 11 is 0. The SMILES string of the molecule is [C-]#[N+]C(C#N)=C1C=C(C=Cc2cc(CC)c3c(c2)CCCN3C)OC(c2ccccc2)(c2ccccc2)C1. The summed E-state index contributed by atoms with van der Waals surface area (Å²) in [5.41, 5.74) is 7.13. The van der Waals surface area contributed by atoms with Gasteiger partial charge in [-0.2, -0.15) is 0 Å². The summed E-state index contributed by atoms with van der Waals surface area (Å²) in [6, 6.07) is 26.8. The number of aryl methyl sites for hydroxylation is 2. The predicted molar refractivity (Wildman–Crippen MR) is 153 cm³/mol. The van der Waals surface area contributed by atoms with Crippen LogP contribution in [0.1, 0.15) is 47.6 Å². The van der Waals surface area contributed by atoms with E-state index in [0.717, 1.165) is 42.5 Å². The van der Waals surface area contributed by atoms with Gasteiger partial charge in [-0.15, -0.1) is 0 Å². The Morgan fingerprint density at radius 3 is 2.37 bits per heavy atom.